The summed E-state index contributed by atoms with van der Waals surface area (Å²) in [6, 6.07) is 7.88. The Morgan fingerprint density at radius 3 is 2.73 bits per heavy atom. The van der Waals surface area contributed by atoms with Crippen molar-refractivity contribution in [2.45, 2.75) is 6.92 Å². The van der Waals surface area contributed by atoms with Gasteiger partial charge in [-0.15, -0.1) is 0 Å². The third-order valence-corrected chi connectivity index (χ3v) is 1.52. The first-order valence-corrected chi connectivity index (χ1v) is 3.44. The summed E-state index contributed by atoms with van der Waals surface area (Å²) in [4.78, 5) is 9.88. The van der Waals surface area contributed by atoms with Crippen molar-refractivity contribution in [2.24, 2.45) is 0 Å². The van der Waals surface area contributed by atoms with Crippen molar-refractivity contribution < 1.29 is 4.79 Å². The summed E-state index contributed by atoms with van der Waals surface area (Å²) >= 11 is 0. The topological polar surface area (TPSA) is 17.1 Å². The zero-order valence-electron chi connectivity index (χ0n) is 6.37. The molecule has 1 aromatic rings. The van der Waals surface area contributed by atoms with Gasteiger partial charge >= 0.3 is 0 Å². The van der Waals surface area contributed by atoms with Gasteiger partial charge in [0.25, 0.3) is 0 Å². The molecule has 0 heterocycles. The van der Waals surface area contributed by atoms with E-state index in [1.807, 2.05) is 31.2 Å². The molecule has 0 amide bonds. The molecular formula is C10H9O. The number of rotatable bonds is 2. The fraction of sp³-hybridized carbons (Fsp3) is 0.100. The molecule has 1 radical (unpaired) electrons. The molecular weight excluding hydrogens is 136 g/mol. The Bertz CT molecular complexity index is 274. The van der Waals surface area contributed by atoms with E-state index >= 15 is 0 Å². The standard InChI is InChI=1S/C10H9O/c1-9-5-2-3-6-10(9)7-4-8-11/h2-7H,1H3. The molecule has 0 aromatic heterocycles. The second-order valence-corrected chi connectivity index (χ2v) is 2.31. The van der Waals surface area contributed by atoms with Crippen molar-refractivity contribution >= 4 is 12.4 Å². The van der Waals surface area contributed by atoms with Crippen molar-refractivity contribution in [1.29, 1.82) is 0 Å². The van der Waals surface area contributed by atoms with Gasteiger partial charge in [0.05, 0.1) is 0 Å². The van der Waals surface area contributed by atoms with Gasteiger partial charge in [-0.1, -0.05) is 30.3 Å². The third-order valence-electron chi connectivity index (χ3n) is 1.52. The molecule has 1 aromatic carbocycles. The molecule has 0 spiro atoms. The van der Waals surface area contributed by atoms with Gasteiger partial charge in [0.15, 0.2) is 0 Å². The smallest absolute Gasteiger partial charge is 0.225 e. The minimum absolute atomic E-state index is 1.07. The van der Waals surface area contributed by atoms with Gasteiger partial charge in [0.1, 0.15) is 0 Å². The van der Waals surface area contributed by atoms with Gasteiger partial charge in [-0.05, 0) is 24.1 Å². The summed E-state index contributed by atoms with van der Waals surface area (Å²) < 4.78 is 0. The predicted octanol–water partition coefficient (Wildman–Crippen LogP) is 2.12. The highest BCUT2D eigenvalue weighted by molar-refractivity contribution is 5.75. The average molecular weight is 145 g/mol. The SMILES string of the molecule is Cc1ccccc1C=C[C]=O. The van der Waals surface area contributed by atoms with E-state index in [4.69, 9.17) is 0 Å². The number of hydrogen-bond donors (Lipinski definition) is 0. The lowest BCUT2D eigenvalue weighted by atomic mass is 10.1. The van der Waals surface area contributed by atoms with Crippen LogP contribution in [0.15, 0.2) is 30.3 Å². The average Bonchev–Trinajstić information content (AvgIpc) is 2.03. The zero-order chi connectivity index (χ0) is 8.10. The molecule has 0 atom stereocenters. The Balaban J connectivity index is 2.94. The van der Waals surface area contributed by atoms with Gasteiger partial charge in [-0.25, -0.2) is 0 Å². The van der Waals surface area contributed by atoms with Gasteiger partial charge < -0.3 is 0 Å². The van der Waals surface area contributed by atoms with Crippen molar-refractivity contribution in [3.05, 3.63) is 41.5 Å². The first-order chi connectivity index (χ1) is 5.34. The van der Waals surface area contributed by atoms with E-state index in [1.165, 1.54) is 11.6 Å². The van der Waals surface area contributed by atoms with Crippen LogP contribution in [0.5, 0.6) is 0 Å². The maximum absolute atomic E-state index is 9.88. The van der Waals surface area contributed by atoms with Crippen LogP contribution >= 0.6 is 0 Å². The van der Waals surface area contributed by atoms with Crippen molar-refractivity contribution in [3.63, 3.8) is 0 Å². The highest BCUT2D eigenvalue weighted by Crippen LogP contribution is 2.07. The second-order valence-electron chi connectivity index (χ2n) is 2.31. The quantitative estimate of drug-likeness (QED) is 0.582. The van der Waals surface area contributed by atoms with Crippen molar-refractivity contribution in [2.75, 3.05) is 0 Å². The van der Waals surface area contributed by atoms with Crippen LogP contribution in [0.4, 0.5) is 0 Å². The van der Waals surface area contributed by atoms with Crippen LogP contribution in [0.25, 0.3) is 6.08 Å². The Kier molecular flexibility index (Phi) is 2.61. The molecule has 0 unspecified atom stereocenters. The van der Waals surface area contributed by atoms with Crippen molar-refractivity contribution in [1.82, 2.24) is 0 Å². The molecule has 1 nitrogen and oxygen atoms in total. The van der Waals surface area contributed by atoms with E-state index in [1.54, 1.807) is 12.4 Å². The first-order valence-electron chi connectivity index (χ1n) is 3.44. The summed E-state index contributed by atoms with van der Waals surface area (Å²) in [6.07, 6.45) is 4.84. The van der Waals surface area contributed by atoms with E-state index in [0.717, 1.165) is 5.56 Å². The lowest BCUT2D eigenvalue weighted by Gasteiger charge is -1.95. The Morgan fingerprint density at radius 2 is 2.09 bits per heavy atom. The lowest BCUT2D eigenvalue weighted by molar-refractivity contribution is 0.564. The number of aryl methyl sites for hydroxylation is 1. The Morgan fingerprint density at radius 1 is 1.36 bits per heavy atom. The van der Waals surface area contributed by atoms with Gasteiger partial charge in [0, 0.05) is 0 Å². The van der Waals surface area contributed by atoms with E-state index in [9.17, 15) is 4.79 Å². The molecule has 1 heteroatoms. The minimum atomic E-state index is 1.07. The molecule has 55 valence electrons. The highest BCUT2D eigenvalue weighted by atomic mass is 16.1. The molecule has 0 saturated carbocycles. The predicted molar refractivity (Wildman–Crippen MR) is 45.9 cm³/mol. The van der Waals surface area contributed by atoms with E-state index < -0.39 is 0 Å². The molecule has 0 fully saturated rings. The maximum Gasteiger partial charge on any atom is 0.225 e. The Labute approximate surface area is 66.4 Å². The fourth-order valence-corrected chi connectivity index (χ4v) is 0.898. The van der Waals surface area contributed by atoms with Crippen LogP contribution in [0, 0.1) is 6.92 Å². The van der Waals surface area contributed by atoms with Crippen LogP contribution < -0.4 is 0 Å². The Hall–Kier alpha value is -1.37. The first kappa shape index (κ1) is 7.73. The molecule has 1 rings (SSSR count). The number of allylic oxidation sites excluding steroid dienone is 1. The number of hydrogen-bond acceptors (Lipinski definition) is 1. The molecule has 0 bridgehead atoms. The monoisotopic (exact) mass is 145 g/mol. The van der Waals surface area contributed by atoms with Crippen LogP contribution in [0.3, 0.4) is 0 Å². The van der Waals surface area contributed by atoms with Crippen LogP contribution in [-0.2, 0) is 4.79 Å². The maximum atomic E-state index is 9.88. The normalized spacial score (nSPS) is 10.3. The van der Waals surface area contributed by atoms with Gasteiger partial charge in [-0.2, -0.15) is 0 Å². The van der Waals surface area contributed by atoms with Crippen molar-refractivity contribution in [3.8, 4) is 0 Å². The van der Waals surface area contributed by atoms with Crippen LogP contribution in [0.1, 0.15) is 11.1 Å². The number of benzene rings is 1. The summed E-state index contributed by atoms with van der Waals surface area (Å²) in [7, 11) is 0. The molecule has 0 saturated heterocycles. The molecule has 0 aliphatic carbocycles. The second kappa shape index (κ2) is 3.71. The summed E-state index contributed by atoms with van der Waals surface area (Å²) in [6.45, 7) is 2.00. The van der Waals surface area contributed by atoms with Gasteiger partial charge in [-0.3, -0.25) is 4.79 Å². The highest BCUT2D eigenvalue weighted by Gasteiger charge is 1.88. The third kappa shape index (κ3) is 2.04. The van der Waals surface area contributed by atoms with Crippen LogP contribution in [-0.4, -0.2) is 6.29 Å². The van der Waals surface area contributed by atoms with E-state index in [2.05, 4.69) is 0 Å². The molecule has 0 aliphatic heterocycles. The fourth-order valence-electron chi connectivity index (χ4n) is 0.898. The zero-order valence-corrected chi connectivity index (χ0v) is 6.37. The van der Waals surface area contributed by atoms with Crippen LogP contribution in [0.2, 0.25) is 0 Å². The number of carbonyl (C=O) groups excluding carboxylic acids is 1. The van der Waals surface area contributed by atoms with E-state index in [0.29, 0.717) is 0 Å². The molecule has 0 N–H and O–H groups in total. The molecule has 0 aliphatic rings. The summed E-state index contributed by atoms with van der Waals surface area (Å²) in [5.74, 6) is 0. The van der Waals surface area contributed by atoms with E-state index in [-0.39, 0.29) is 0 Å². The van der Waals surface area contributed by atoms with Gasteiger partial charge in [0.2, 0.25) is 6.29 Å². The summed E-state index contributed by atoms with van der Waals surface area (Å²) in [5.41, 5.74) is 2.23. The summed E-state index contributed by atoms with van der Waals surface area (Å²) in [5, 5.41) is 0. The molecule has 11 heavy (non-hydrogen) atoms. The lowest BCUT2D eigenvalue weighted by Crippen LogP contribution is -1.77. The largest absolute Gasteiger partial charge is 0.286 e. The minimum Gasteiger partial charge on any atom is -0.286 e.